The van der Waals surface area contributed by atoms with Gasteiger partial charge in [0.05, 0.1) is 0 Å². The molecule has 1 heterocycles. The monoisotopic (exact) mass is 139 g/mol. The van der Waals surface area contributed by atoms with Crippen LogP contribution in [0.2, 0.25) is 0 Å². The smallest absolute Gasteiger partial charge is 0.123 e. The van der Waals surface area contributed by atoms with Crippen LogP contribution in [0.15, 0.2) is 11.8 Å². The second kappa shape index (κ2) is 2.62. The number of rotatable bonds is 0. The molecule has 0 bridgehead atoms. The highest BCUT2D eigenvalue weighted by molar-refractivity contribution is 5.03. The molecule has 1 aliphatic carbocycles. The second-order valence-electron chi connectivity index (χ2n) is 3.02. The Hall–Kier alpha value is -0.500. The van der Waals surface area contributed by atoms with Crippen LogP contribution in [0, 0.1) is 5.92 Å². The molecule has 0 aromatic heterocycles. The van der Waals surface area contributed by atoms with E-state index < -0.39 is 0 Å². The summed E-state index contributed by atoms with van der Waals surface area (Å²) in [6.45, 7) is 1.02. The second-order valence-corrected chi connectivity index (χ2v) is 3.02. The Labute approximate surface area is 61.2 Å². The third-order valence-electron chi connectivity index (χ3n) is 2.29. The van der Waals surface area contributed by atoms with Crippen LogP contribution in [0.4, 0.5) is 0 Å². The van der Waals surface area contributed by atoms with Gasteiger partial charge < -0.3 is 4.84 Å². The van der Waals surface area contributed by atoms with Crippen LogP contribution in [0.5, 0.6) is 0 Å². The first-order valence-electron chi connectivity index (χ1n) is 4.06. The van der Waals surface area contributed by atoms with E-state index >= 15 is 0 Å². The molecule has 2 heteroatoms. The summed E-state index contributed by atoms with van der Waals surface area (Å²) in [6, 6.07) is 0. The molecule has 0 aromatic carbocycles. The van der Waals surface area contributed by atoms with Crippen LogP contribution in [0.1, 0.15) is 25.7 Å². The molecule has 2 aliphatic rings. The van der Waals surface area contributed by atoms with E-state index in [1.54, 1.807) is 0 Å². The summed E-state index contributed by atoms with van der Waals surface area (Å²) in [5.41, 5.74) is 2.92. The van der Waals surface area contributed by atoms with Gasteiger partial charge in [-0.1, -0.05) is 0 Å². The highest BCUT2D eigenvalue weighted by atomic mass is 16.6. The van der Waals surface area contributed by atoms with Gasteiger partial charge in [0.15, 0.2) is 0 Å². The van der Waals surface area contributed by atoms with Crippen LogP contribution >= 0.6 is 0 Å². The minimum atomic E-state index is 0.731. The number of hydrogen-bond acceptors (Lipinski definition) is 2. The largest absolute Gasteiger partial charge is 0.413 e. The van der Waals surface area contributed by atoms with Gasteiger partial charge in [-0.2, -0.15) is 5.48 Å². The predicted octanol–water partition coefficient (Wildman–Crippen LogP) is 1.60. The molecule has 0 aromatic rings. The molecule has 1 fully saturated rings. The van der Waals surface area contributed by atoms with E-state index in [-0.39, 0.29) is 0 Å². The lowest BCUT2D eigenvalue weighted by atomic mass is 9.90. The van der Waals surface area contributed by atoms with Crippen molar-refractivity contribution in [3.63, 3.8) is 0 Å². The first-order chi connectivity index (χ1) is 4.97. The molecule has 0 spiro atoms. The van der Waals surface area contributed by atoms with Crippen LogP contribution in [-0.2, 0) is 4.84 Å². The molecule has 2 nitrogen and oxygen atoms in total. The van der Waals surface area contributed by atoms with Gasteiger partial charge in [-0.05, 0) is 31.8 Å². The average Bonchev–Trinajstić information content (AvgIpc) is 2.05. The summed E-state index contributed by atoms with van der Waals surface area (Å²) in [7, 11) is 0. The normalized spacial score (nSPS) is 32.0. The quantitative estimate of drug-likeness (QED) is 0.550. The van der Waals surface area contributed by atoms with Gasteiger partial charge in [-0.25, -0.2) is 0 Å². The van der Waals surface area contributed by atoms with Crippen molar-refractivity contribution in [2.75, 3.05) is 6.54 Å². The predicted molar refractivity (Wildman–Crippen MR) is 39.1 cm³/mol. The van der Waals surface area contributed by atoms with Crippen molar-refractivity contribution in [2.24, 2.45) is 5.92 Å². The van der Waals surface area contributed by atoms with E-state index in [1.807, 2.05) is 0 Å². The fourth-order valence-corrected chi connectivity index (χ4v) is 1.70. The van der Waals surface area contributed by atoms with Crippen molar-refractivity contribution in [3.8, 4) is 0 Å². The molecular weight excluding hydrogens is 126 g/mol. The zero-order valence-corrected chi connectivity index (χ0v) is 6.10. The molecule has 56 valence electrons. The third kappa shape index (κ3) is 1.03. The zero-order valence-electron chi connectivity index (χ0n) is 6.10. The van der Waals surface area contributed by atoms with Gasteiger partial charge in [0.2, 0.25) is 0 Å². The molecule has 1 unspecified atom stereocenters. The summed E-state index contributed by atoms with van der Waals surface area (Å²) in [5, 5.41) is 0. The number of hydroxylamine groups is 1. The van der Waals surface area contributed by atoms with Gasteiger partial charge in [0.25, 0.3) is 0 Å². The Morgan fingerprint density at radius 2 is 2.50 bits per heavy atom. The SMILES string of the molecule is C1=C2ONCCC2CCC1. The first-order valence-corrected chi connectivity index (χ1v) is 4.06. The van der Waals surface area contributed by atoms with Gasteiger partial charge in [-0.15, -0.1) is 0 Å². The maximum Gasteiger partial charge on any atom is 0.123 e. The van der Waals surface area contributed by atoms with Crippen LogP contribution < -0.4 is 5.48 Å². The van der Waals surface area contributed by atoms with Crippen LogP contribution in [0.25, 0.3) is 0 Å². The van der Waals surface area contributed by atoms with Crippen molar-refractivity contribution in [1.82, 2.24) is 5.48 Å². The summed E-state index contributed by atoms with van der Waals surface area (Å²) < 4.78 is 0. The summed E-state index contributed by atoms with van der Waals surface area (Å²) in [4.78, 5) is 5.29. The van der Waals surface area contributed by atoms with Crippen molar-refractivity contribution in [2.45, 2.75) is 25.7 Å². The molecule has 10 heavy (non-hydrogen) atoms. The summed E-state index contributed by atoms with van der Waals surface area (Å²) >= 11 is 0. The number of nitrogens with one attached hydrogen (secondary N) is 1. The zero-order chi connectivity index (χ0) is 6.81. The van der Waals surface area contributed by atoms with Crippen LogP contribution in [0.3, 0.4) is 0 Å². The lowest BCUT2D eigenvalue weighted by Crippen LogP contribution is -2.29. The molecule has 1 N–H and O–H groups in total. The summed E-state index contributed by atoms with van der Waals surface area (Å²) in [5.74, 6) is 1.92. The van der Waals surface area contributed by atoms with E-state index in [1.165, 1.54) is 31.4 Å². The first kappa shape index (κ1) is 6.23. The fourth-order valence-electron chi connectivity index (χ4n) is 1.70. The molecule has 0 saturated carbocycles. The molecular formula is C8H13NO. The topological polar surface area (TPSA) is 21.3 Å². The third-order valence-corrected chi connectivity index (χ3v) is 2.29. The average molecular weight is 139 g/mol. The van der Waals surface area contributed by atoms with Crippen molar-refractivity contribution < 1.29 is 4.84 Å². The number of allylic oxidation sites excluding steroid dienone is 2. The Morgan fingerprint density at radius 3 is 3.40 bits per heavy atom. The number of fused-ring (bicyclic) bond motifs is 1. The Bertz CT molecular complexity index is 153. The van der Waals surface area contributed by atoms with Gasteiger partial charge in [0.1, 0.15) is 5.76 Å². The lowest BCUT2D eigenvalue weighted by Gasteiger charge is -2.28. The highest BCUT2D eigenvalue weighted by Gasteiger charge is 2.22. The standard InChI is InChI=1S/C8H13NO/c1-2-4-8-7(3-1)5-6-9-10-8/h4,7,9H,1-3,5-6H2. The molecule has 2 rings (SSSR count). The van der Waals surface area contributed by atoms with Crippen molar-refractivity contribution >= 4 is 0 Å². The van der Waals surface area contributed by atoms with Crippen molar-refractivity contribution in [3.05, 3.63) is 11.8 Å². The van der Waals surface area contributed by atoms with E-state index in [4.69, 9.17) is 4.84 Å². The van der Waals surface area contributed by atoms with Crippen LogP contribution in [-0.4, -0.2) is 6.54 Å². The Balaban J connectivity index is 2.08. The maximum absolute atomic E-state index is 5.29. The van der Waals surface area contributed by atoms with Gasteiger partial charge in [-0.3, -0.25) is 0 Å². The van der Waals surface area contributed by atoms with Crippen molar-refractivity contribution in [1.29, 1.82) is 0 Å². The molecule has 0 amide bonds. The van der Waals surface area contributed by atoms with Gasteiger partial charge in [0, 0.05) is 12.5 Å². The Kier molecular flexibility index (Phi) is 1.63. The molecule has 0 radical (unpaired) electrons. The highest BCUT2D eigenvalue weighted by Crippen LogP contribution is 2.29. The minimum Gasteiger partial charge on any atom is -0.413 e. The van der Waals surface area contributed by atoms with E-state index in [0.717, 1.165) is 12.5 Å². The van der Waals surface area contributed by atoms with E-state index in [0.29, 0.717) is 0 Å². The molecule has 1 saturated heterocycles. The minimum absolute atomic E-state index is 0.731. The molecule has 1 aliphatic heterocycles. The maximum atomic E-state index is 5.29. The van der Waals surface area contributed by atoms with E-state index in [2.05, 4.69) is 11.6 Å². The lowest BCUT2D eigenvalue weighted by molar-refractivity contribution is 0.0381. The summed E-state index contributed by atoms with van der Waals surface area (Å²) in [6.07, 6.45) is 7.35. The number of hydrogen-bond donors (Lipinski definition) is 1. The fraction of sp³-hybridized carbons (Fsp3) is 0.750. The Morgan fingerprint density at radius 1 is 1.50 bits per heavy atom. The molecule has 1 atom stereocenters. The van der Waals surface area contributed by atoms with Gasteiger partial charge >= 0.3 is 0 Å². The van der Waals surface area contributed by atoms with E-state index in [9.17, 15) is 0 Å².